The molecule has 1 aliphatic carbocycles. The largest absolute Gasteiger partial charge is 0.478 e. The summed E-state index contributed by atoms with van der Waals surface area (Å²) >= 11 is 0. The number of carboxylic acids is 1. The van der Waals surface area contributed by atoms with Crippen molar-refractivity contribution in [3.8, 4) is 6.07 Å². The van der Waals surface area contributed by atoms with Gasteiger partial charge in [-0.25, -0.2) is 4.79 Å². The number of rotatable bonds is 7. The number of nitrogens with zero attached hydrogens (tertiary/aromatic N) is 1. The predicted octanol–water partition coefficient (Wildman–Crippen LogP) is 2.09. The third kappa shape index (κ3) is 5.59. The SMILES string of the molecule is N#CCNC(=O)[C@H](CC1CCCCC1)NC(=O)c1cccc(C(=O)O)c1. The predicted molar refractivity (Wildman–Crippen MR) is 94.5 cm³/mol. The summed E-state index contributed by atoms with van der Waals surface area (Å²) in [6.07, 6.45) is 5.98. The Morgan fingerprint density at radius 3 is 2.54 bits per heavy atom. The first-order valence-corrected chi connectivity index (χ1v) is 8.80. The number of hydrogen-bond acceptors (Lipinski definition) is 4. The van der Waals surface area contributed by atoms with Crippen molar-refractivity contribution in [2.24, 2.45) is 5.92 Å². The Morgan fingerprint density at radius 2 is 1.88 bits per heavy atom. The zero-order valence-corrected chi connectivity index (χ0v) is 14.5. The number of carbonyl (C=O) groups excluding carboxylic acids is 2. The maximum Gasteiger partial charge on any atom is 0.335 e. The van der Waals surface area contributed by atoms with Gasteiger partial charge in [0.1, 0.15) is 12.6 Å². The smallest absolute Gasteiger partial charge is 0.335 e. The molecule has 138 valence electrons. The first-order chi connectivity index (χ1) is 12.5. The highest BCUT2D eigenvalue weighted by Gasteiger charge is 2.26. The molecule has 0 aromatic heterocycles. The molecule has 0 heterocycles. The summed E-state index contributed by atoms with van der Waals surface area (Å²) in [6, 6.07) is 6.79. The maximum atomic E-state index is 12.5. The lowest BCUT2D eigenvalue weighted by Gasteiger charge is -2.26. The van der Waals surface area contributed by atoms with E-state index in [4.69, 9.17) is 10.4 Å². The Balaban J connectivity index is 2.09. The van der Waals surface area contributed by atoms with Gasteiger partial charge in [0, 0.05) is 5.56 Å². The molecule has 7 heteroatoms. The average molecular weight is 357 g/mol. The van der Waals surface area contributed by atoms with Gasteiger partial charge in [0.25, 0.3) is 5.91 Å². The van der Waals surface area contributed by atoms with E-state index in [-0.39, 0.29) is 23.6 Å². The summed E-state index contributed by atoms with van der Waals surface area (Å²) < 4.78 is 0. The standard InChI is InChI=1S/C19H23N3O4/c20-9-10-21-18(24)16(11-13-5-2-1-3-6-13)22-17(23)14-7-4-8-15(12-14)19(25)26/h4,7-8,12-13,16H,1-3,5-6,10-11H2,(H,21,24)(H,22,23)(H,25,26)/t16-/m0/s1. The van der Waals surface area contributed by atoms with Crippen LogP contribution in [0.3, 0.4) is 0 Å². The molecule has 0 radical (unpaired) electrons. The lowest BCUT2D eigenvalue weighted by molar-refractivity contribution is -0.123. The van der Waals surface area contributed by atoms with Gasteiger partial charge in [-0.3, -0.25) is 9.59 Å². The Morgan fingerprint density at radius 1 is 1.19 bits per heavy atom. The van der Waals surface area contributed by atoms with Crippen LogP contribution in [0.2, 0.25) is 0 Å². The molecule has 0 aliphatic heterocycles. The van der Waals surface area contributed by atoms with E-state index in [0.29, 0.717) is 12.3 Å². The molecule has 2 rings (SSSR count). The molecule has 1 aromatic carbocycles. The highest BCUT2D eigenvalue weighted by atomic mass is 16.4. The summed E-state index contributed by atoms with van der Waals surface area (Å²) in [5.41, 5.74) is 0.196. The van der Waals surface area contributed by atoms with Crippen LogP contribution in [0, 0.1) is 17.2 Å². The van der Waals surface area contributed by atoms with Gasteiger partial charge in [-0.2, -0.15) is 5.26 Å². The molecule has 1 saturated carbocycles. The maximum absolute atomic E-state index is 12.5. The third-order valence-corrected chi connectivity index (χ3v) is 4.63. The molecule has 0 saturated heterocycles. The van der Waals surface area contributed by atoms with E-state index in [2.05, 4.69) is 10.6 Å². The van der Waals surface area contributed by atoms with E-state index in [0.717, 1.165) is 25.7 Å². The third-order valence-electron chi connectivity index (χ3n) is 4.63. The summed E-state index contributed by atoms with van der Waals surface area (Å²) in [5, 5.41) is 22.9. The first kappa shape index (κ1) is 19.4. The lowest BCUT2D eigenvalue weighted by Crippen LogP contribution is -2.48. The molecular weight excluding hydrogens is 334 g/mol. The van der Waals surface area contributed by atoms with Crippen LogP contribution in [0.15, 0.2) is 24.3 Å². The summed E-state index contributed by atoms with van der Waals surface area (Å²) in [4.78, 5) is 35.9. The van der Waals surface area contributed by atoms with Gasteiger partial charge in [-0.15, -0.1) is 0 Å². The minimum atomic E-state index is -1.12. The van der Waals surface area contributed by atoms with E-state index in [9.17, 15) is 14.4 Å². The second kappa shape index (κ2) is 9.56. The number of nitriles is 1. The zero-order chi connectivity index (χ0) is 18.9. The zero-order valence-electron chi connectivity index (χ0n) is 14.5. The molecule has 1 atom stereocenters. The highest BCUT2D eigenvalue weighted by Crippen LogP contribution is 2.27. The van der Waals surface area contributed by atoms with Gasteiger partial charge in [-0.1, -0.05) is 38.2 Å². The van der Waals surface area contributed by atoms with Crippen molar-refractivity contribution < 1.29 is 19.5 Å². The number of aromatic carboxylic acids is 1. The van der Waals surface area contributed by atoms with Gasteiger partial charge >= 0.3 is 5.97 Å². The number of nitrogens with one attached hydrogen (secondary N) is 2. The molecular formula is C19H23N3O4. The van der Waals surface area contributed by atoms with Crippen LogP contribution in [0.1, 0.15) is 59.2 Å². The summed E-state index contributed by atoms with van der Waals surface area (Å²) in [6.45, 7) is -0.121. The van der Waals surface area contributed by atoms with E-state index in [1.54, 1.807) is 0 Å². The number of amides is 2. The van der Waals surface area contributed by atoms with Crippen LogP contribution >= 0.6 is 0 Å². The number of carboxylic acid groups (broad SMARTS) is 1. The van der Waals surface area contributed by atoms with Gasteiger partial charge in [0.2, 0.25) is 5.91 Å². The average Bonchev–Trinajstić information content (AvgIpc) is 2.66. The highest BCUT2D eigenvalue weighted by molar-refractivity contribution is 5.99. The molecule has 7 nitrogen and oxygen atoms in total. The van der Waals surface area contributed by atoms with Crippen molar-refractivity contribution in [3.05, 3.63) is 35.4 Å². The van der Waals surface area contributed by atoms with Crippen LogP contribution in [0.5, 0.6) is 0 Å². The molecule has 2 amide bonds. The Labute approximate surface area is 152 Å². The fraction of sp³-hybridized carbons (Fsp3) is 0.474. The van der Waals surface area contributed by atoms with Crippen molar-refractivity contribution in [1.29, 1.82) is 5.26 Å². The van der Waals surface area contributed by atoms with Gasteiger partial charge in [-0.05, 0) is 30.5 Å². The fourth-order valence-corrected chi connectivity index (χ4v) is 3.27. The van der Waals surface area contributed by atoms with Crippen molar-refractivity contribution in [2.45, 2.75) is 44.6 Å². The molecule has 0 spiro atoms. The van der Waals surface area contributed by atoms with Crippen molar-refractivity contribution in [1.82, 2.24) is 10.6 Å². The van der Waals surface area contributed by atoms with Gasteiger partial charge in [0.15, 0.2) is 0 Å². The monoisotopic (exact) mass is 357 g/mol. The number of carbonyl (C=O) groups is 3. The van der Waals surface area contributed by atoms with Gasteiger partial charge < -0.3 is 15.7 Å². The van der Waals surface area contributed by atoms with Crippen molar-refractivity contribution in [3.63, 3.8) is 0 Å². The lowest BCUT2D eigenvalue weighted by atomic mass is 9.84. The number of benzene rings is 1. The van der Waals surface area contributed by atoms with Crippen LogP contribution in [-0.4, -0.2) is 35.5 Å². The first-order valence-electron chi connectivity index (χ1n) is 8.80. The van der Waals surface area contributed by atoms with Crippen molar-refractivity contribution in [2.75, 3.05) is 6.54 Å². The van der Waals surface area contributed by atoms with Crippen molar-refractivity contribution >= 4 is 17.8 Å². The fourth-order valence-electron chi connectivity index (χ4n) is 3.27. The topological polar surface area (TPSA) is 119 Å². The van der Waals surface area contributed by atoms with E-state index >= 15 is 0 Å². The molecule has 1 aromatic rings. The summed E-state index contributed by atoms with van der Waals surface area (Å²) in [5.74, 6) is -1.65. The minimum Gasteiger partial charge on any atom is -0.478 e. The van der Waals surface area contributed by atoms with Gasteiger partial charge in [0.05, 0.1) is 11.6 Å². The molecule has 0 bridgehead atoms. The van der Waals surface area contributed by atoms with E-state index in [1.807, 2.05) is 6.07 Å². The summed E-state index contributed by atoms with van der Waals surface area (Å²) in [7, 11) is 0. The molecule has 26 heavy (non-hydrogen) atoms. The second-order valence-corrected chi connectivity index (χ2v) is 6.53. The Hall–Kier alpha value is -2.88. The quantitative estimate of drug-likeness (QED) is 0.646. The van der Waals surface area contributed by atoms with Crippen LogP contribution < -0.4 is 10.6 Å². The Kier molecular flexibility index (Phi) is 7.15. The Bertz CT molecular complexity index is 705. The van der Waals surface area contributed by atoms with Crippen LogP contribution in [0.4, 0.5) is 0 Å². The molecule has 1 fully saturated rings. The number of hydrogen-bond donors (Lipinski definition) is 3. The van der Waals surface area contributed by atoms with E-state index in [1.165, 1.54) is 30.7 Å². The van der Waals surface area contributed by atoms with Crippen LogP contribution in [0.25, 0.3) is 0 Å². The molecule has 1 aliphatic rings. The molecule has 3 N–H and O–H groups in total. The second-order valence-electron chi connectivity index (χ2n) is 6.53. The van der Waals surface area contributed by atoms with E-state index < -0.39 is 17.9 Å². The minimum absolute atomic E-state index is 0.00964. The normalized spacial score (nSPS) is 15.5. The van der Waals surface area contributed by atoms with Crippen LogP contribution in [-0.2, 0) is 4.79 Å². The molecule has 0 unspecified atom stereocenters.